The third-order valence-electron chi connectivity index (χ3n) is 2.44. The normalized spacial score (nSPS) is 10.7. The van der Waals surface area contributed by atoms with Crippen LogP contribution in [0.3, 0.4) is 0 Å². The Morgan fingerprint density at radius 3 is 2.94 bits per heavy atom. The highest BCUT2D eigenvalue weighted by Gasteiger charge is 2.14. The van der Waals surface area contributed by atoms with Crippen molar-refractivity contribution in [1.82, 2.24) is 4.98 Å². The Hall–Kier alpha value is -1.33. The van der Waals surface area contributed by atoms with Gasteiger partial charge in [-0.2, -0.15) is 0 Å². The van der Waals surface area contributed by atoms with Crippen LogP contribution < -0.4 is 0 Å². The fraction of sp³-hybridized carbons (Fsp3) is 0.250. The molecule has 1 heterocycles. The maximum atomic E-state index is 10.9. The molecule has 2 rings (SSSR count). The summed E-state index contributed by atoms with van der Waals surface area (Å²) in [5.41, 5.74) is 0.491. The van der Waals surface area contributed by atoms with E-state index in [-0.39, 0.29) is 5.69 Å². The van der Waals surface area contributed by atoms with Gasteiger partial charge in [0, 0.05) is 28.4 Å². The minimum atomic E-state index is -0.400. The van der Waals surface area contributed by atoms with Crippen molar-refractivity contribution in [2.45, 2.75) is 11.3 Å². The maximum absolute atomic E-state index is 10.9. The van der Waals surface area contributed by atoms with Gasteiger partial charge in [-0.25, -0.2) is 4.98 Å². The summed E-state index contributed by atoms with van der Waals surface area (Å²) in [6.45, 7) is 0. The molecule has 0 spiro atoms. The van der Waals surface area contributed by atoms with Gasteiger partial charge in [0.25, 0.3) is 5.69 Å². The molecule has 0 atom stereocenters. The molecule has 6 heteroatoms. The molecule has 1 aromatic carbocycles. The van der Waals surface area contributed by atoms with Crippen LogP contribution in [0.15, 0.2) is 35.4 Å². The van der Waals surface area contributed by atoms with E-state index in [0.29, 0.717) is 11.4 Å². The molecule has 2 aromatic rings. The number of alkyl halides is 1. The Balaban J connectivity index is 2.43. The Labute approximate surface area is 114 Å². The number of para-hydroxylation sites is 1. The quantitative estimate of drug-likeness (QED) is 0.275. The minimum absolute atomic E-state index is 0.0484. The lowest BCUT2D eigenvalue weighted by Crippen LogP contribution is -1.92. The summed E-state index contributed by atoms with van der Waals surface area (Å²) < 4.78 is 0. The smallest absolute Gasteiger partial charge is 0.258 e. The maximum Gasteiger partial charge on any atom is 0.295 e. The summed E-state index contributed by atoms with van der Waals surface area (Å²) >= 11 is 7.29. The fourth-order valence-corrected chi connectivity index (χ4v) is 2.92. The number of halogens is 1. The van der Waals surface area contributed by atoms with Crippen LogP contribution in [0.2, 0.25) is 0 Å². The van der Waals surface area contributed by atoms with Crippen LogP contribution in [0.4, 0.5) is 5.69 Å². The summed E-state index contributed by atoms with van der Waals surface area (Å²) in [5.74, 6) is 1.52. The molecule has 94 valence electrons. The van der Waals surface area contributed by atoms with Gasteiger partial charge in [0.05, 0.1) is 4.92 Å². The second-order valence-corrected chi connectivity index (χ2v) is 5.15. The topological polar surface area (TPSA) is 56.0 Å². The van der Waals surface area contributed by atoms with Gasteiger partial charge in [-0.05, 0) is 18.2 Å². The van der Waals surface area contributed by atoms with Crippen molar-refractivity contribution in [2.75, 3.05) is 11.6 Å². The molecule has 0 fully saturated rings. The van der Waals surface area contributed by atoms with Gasteiger partial charge in [-0.1, -0.05) is 12.1 Å². The molecule has 0 bridgehead atoms. The summed E-state index contributed by atoms with van der Waals surface area (Å²) in [6.07, 6.45) is 2.52. The molecule has 0 aliphatic rings. The molecule has 1 aromatic heterocycles. The number of nitrogens with zero attached hydrogens (tertiary/aromatic N) is 2. The van der Waals surface area contributed by atoms with Gasteiger partial charge in [-0.15, -0.1) is 23.4 Å². The number of thioether (sulfide) groups is 1. The molecular weight excluding hydrogens is 272 g/mol. The van der Waals surface area contributed by atoms with E-state index in [1.807, 2.05) is 12.1 Å². The van der Waals surface area contributed by atoms with Crippen LogP contribution >= 0.6 is 23.4 Å². The van der Waals surface area contributed by atoms with Gasteiger partial charge in [-0.3, -0.25) is 10.1 Å². The van der Waals surface area contributed by atoms with E-state index in [1.54, 1.807) is 24.0 Å². The van der Waals surface area contributed by atoms with E-state index in [4.69, 9.17) is 11.6 Å². The Morgan fingerprint density at radius 2 is 2.22 bits per heavy atom. The molecule has 0 amide bonds. The minimum Gasteiger partial charge on any atom is -0.258 e. The summed E-state index contributed by atoms with van der Waals surface area (Å²) in [6, 6.07) is 6.90. The number of rotatable bonds is 5. The largest absolute Gasteiger partial charge is 0.295 e. The molecule has 0 N–H and O–H groups in total. The highest BCUT2D eigenvalue weighted by atomic mass is 35.5. The van der Waals surface area contributed by atoms with E-state index < -0.39 is 4.92 Å². The Morgan fingerprint density at radius 1 is 1.39 bits per heavy atom. The van der Waals surface area contributed by atoms with E-state index in [9.17, 15) is 10.1 Å². The van der Waals surface area contributed by atoms with E-state index in [1.165, 1.54) is 6.07 Å². The second-order valence-electron chi connectivity index (χ2n) is 3.63. The molecule has 0 radical (unpaired) electrons. The molecule has 0 aliphatic heterocycles. The number of non-ortho nitro benzene ring substituents is 1. The predicted octanol–water partition coefficient (Wildman–Crippen LogP) is 3.86. The lowest BCUT2D eigenvalue weighted by molar-refractivity contribution is -0.383. The highest BCUT2D eigenvalue weighted by Crippen LogP contribution is 2.31. The number of aromatic nitrogens is 1. The lowest BCUT2D eigenvalue weighted by atomic mass is 10.2. The number of fused-ring (bicyclic) bond motifs is 1. The van der Waals surface area contributed by atoms with Crippen LogP contribution in [0.25, 0.3) is 10.9 Å². The van der Waals surface area contributed by atoms with Crippen molar-refractivity contribution < 1.29 is 4.92 Å². The molecule has 0 aliphatic carbocycles. The zero-order valence-corrected chi connectivity index (χ0v) is 11.1. The molecule has 4 nitrogen and oxygen atoms in total. The van der Waals surface area contributed by atoms with Crippen LogP contribution in [0.5, 0.6) is 0 Å². The van der Waals surface area contributed by atoms with Gasteiger partial charge >= 0.3 is 0 Å². The summed E-state index contributed by atoms with van der Waals surface area (Å²) in [5, 5.41) is 11.8. The monoisotopic (exact) mass is 282 g/mol. The number of hydrogen-bond donors (Lipinski definition) is 0. The first-order valence-corrected chi connectivity index (χ1v) is 6.97. The predicted molar refractivity (Wildman–Crippen MR) is 74.5 cm³/mol. The standard InChI is InChI=1S/C12H11ClN2O2S/c13-6-2-8-18-11-5-7-14-12-9(11)3-1-4-10(12)15(16)17/h1,3-5,7H,2,6,8H2. The third kappa shape index (κ3) is 2.73. The van der Waals surface area contributed by atoms with Crippen LogP contribution in [0, 0.1) is 10.1 Å². The van der Waals surface area contributed by atoms with Crippen LogP contribution in [-0.4, -0.2) is 21.5 Å². The first-order chi connectivity index (χ1) is 8.74. The van der Waals surface area contributed by atoms with E-state index >= 15 is 0 Å². The average molecular weight is 283 g/mol. The molecule has 0 saturated carbocycles. The van der Waals surface area contributed by atoms with Crippen molar-refractivity contribution in [3.8, 4) is 0 Å². The molecule has 18 heavy (non-hydrogen) atoms. The summed E-state index contributed by atoms with van der Waals surface area (Å²) in [4.78, 5) is 15.6. The average Bonchev–Trinajstić information content (AvgIpc) is 2.38. The molecule has 0 saturated heterocycles. The number of nitro benzene ring substituents is 1. The lowest BCUT2D eigenvalue weighted by Gasteiger charge is -2.05. The van der Waals surface area contributed by atoms with Gasteiger partial charge < -0.3 is 0 Å². The van der Waals surface area contributed by atoms with Gasteiger partial charge in [0.15, 0.2) is 0 Å². The zero-order valence-electron chi connectivity index (χ0n) is 9.51. The third-order valence-corrected chi connectivity index (χ3v) is 3.87. The van der Waals surface area contributed by atoms with Gasteiger partial charge in [0.2, 0.25) is 0 Å². The number of benzene rings is 1. The zero-order chi connectivity index (χ0) is 13.0. The highest BCUT2D eigenvalue weighted by molar-refractivity contribution is 7.99. The molecule has 0 unspecified atom stereocenters. The van der Waals surface area contributed by atoms with Crippen molar-refractivity contribution in [3.63, 3.8) is 0 Å². The van der Waals surface area contributed by atoms with E-state index in [2.05, 4.69) is 4.98 Å². The Bertz CT molecular complexity index is 577. The van der Waals surface area contributed by atoms with Gasteiger partial charge in [0.1, 0.15) is 5.52 Å². The first-order valence-electron chi connectivity index (χ1n) is 5.45. The number of nitro groups is 1. The van der Waals surface area contributed by atoms with Crippen molar-refractivity contribution in [1.29, 1.82) is 0 Å². The first kappa shape index (κ1) is 13.1. The Kier molecular flexibility index (Phi) is 4.38. The summed E-state index contributed by atoms with van der Waals surface area (Å²) in [7, 11) is 0. The van der Waals surface area contributed by atoms with Crippen molar-refractivity contribution in [2.24, 2.45) is 0 Å². The molecular formula is C12H11ClN2O2S. The van der Waals surface area contributed by atoms with Crippen LogP contribution in [-0.2, 0) is 0 Å². The van der Waals surface area contributed by atoms with Crippen LogP contribution in [0.1, 0.15) is 6.42 Å². The second kappa shape index (κ2) is 6.02. The SMILES string of the molecule is O=[N+]([O-])c1cccc2c(SCCCCl)ccnc12. The van der Waals surface area contributed by atoms with Crippen molar-refractivity contribution in [3.05, 3.63) is 40.6 Å². The van der Waals surface area contributed by atoms with E-state index in [0.717, 1.165) is 22.5 Å². The number of pyridine rings is 1. The number of hydrogen-bond acceptors (Lipinski definition) is 4. The fourth-order valence-electron chi connectivity index (χ4n) is 1.64. The van der Waals surface area contributed by atoms with Crippen molar-refractivity contribution >= 4 is 40.0 Å².